The second-order valence-corrected chi connectivity index (χ2v) is 13.7. The fraction of sp³-hybridized carbons (Fsp3) is 0.0189. The largest absolute Gasteiger partial charge is 0.103 e. The lowest BCUT2D eigenvalue weighted by molar-refractivity contribution is 1.62. The zero-order chi connectivity index (χ0) is 35.7. The topological polar surface area (TPSA) is 0 Å². The van der Waals surface area contributed by atoms with Gasteiger partial charge in [-0.05, 0) is 130 Å². The molecule has 0 atom stereocenters. The van der Waals surface area contributed by atoms with Gasteiger partial charge in [0.2, 0.25) is 0 Å². The Hall–Kier alpha value is -6.76. The zero-order valence-corrected chi connectivity index (χ0v) is 29.8. The van der Waals surface area contributed by atoms with Crippen molar-refractivity contribution in [1.82, 2.24) is 0 Å². The van der Waals surface area contributed by atoms with E-state index >= 15 is 0 Å². The predicted octanol–water partition coefficient (Wildman–Crippen LogP) is 15.3. The first-order valence-corrected chi connectivity index (χ1v) is 18.3. The van der Waals surface area contributed by atoms with Crippen LogP contribution in [0.1, 0.15) is 6.92 Å². The molecule has 0 amide bonds. The molecule has 0 aliphatic rings. The molecule has 10 aromatic rings. The van der Waals surface area contributed by atoms with Crippen LogP contribution in [0.15, 0.2) is 207 Å². The standard InChI is InChI=1S/C50H32.C3H6/c1-2-13-35-31-42(28-23-33(35)11-1)50-47-20-7-5-18-45(47)49(46-19-6-8-21-48(46)50)41-16-9-15-36(32-41)37-24-25-39-30-40(27-26-38(39)29-37)44-22-10-14-34-12-3-4-17-43(34)44;1-3-2/h1-32H;3H,1H2,2H3. The summed E-state index contributed by atoms with van der Waals surface area (Å²) in [7, 11) is 0. The van der Waals surface area contributed by atoms with Gasteiger partial charge in [-0.2, -0.15) is 0 Å². The Labute approximate surface area is 310 Å². The SMILES string of the molecule is C=CC.c1cc(-c2ccc3cc(-c4cccc5ccccc45)ccc3c2)cc(-c2c3ccccc3c(-c3ccc4ccccc4c3)c3ccccc23)c1. The number of hydrogen-bond donors (Lipinski definition) is 0. The highest BCUT2D eigenvalue weighted by Gasteiger charge is 2.17. The highest BCUT2D eigenvalue weighted by atomic mass is 14.2. The van der Waals surface area contributed by atoms with Gasteiger partial charge in [-0.15, -0.1) is 6.58 Å². The summed E-state index contributed by atoms with van der Waals surface area (Å²) in [6.45, 7) is 5.25. The second kappa shape index (κ2) is 13.8. The van der Waals surface area contributed by atoms with Gasteiger partial charge in [-0.25, -0.2) is 0 Å². The maximum absolute atomic E-state index is 3.36. The van der Waals surface area contributed by atoms with Crippen LogP contribution in [-0.2, 0) is 0 Å². The fourth-order valence-corrected chi connectivity index (χ4v) is 8.02. The summed E-state index contributed by atoms with van der Waals surface area (Å²) in [5, 5.41) is 12.6. The molecule has 10 rings (SSSR count). The van der Waals surface area contributed by atoms with Crippen LogP contribution < -0.4 is 0 Å². The van der Waals surface area contributed by atoms with Crippen molar-refractivity contribution < 1.29 is 0 Å². The molecule has 53 heavy (non-hydrogen) atoms. The molecule has 0 saturated heterocycles. The predicted molar refractivity (Wildman–Crippen MR) is 232 cm³/mol. The summed E-state index contributed by atoms with van der Waals surface area (Å²) in [4.78, 5) is 0. The van der Waals surface area contributed by atoms with E-state index in [2.05, 4.69) is 201 Å². The number of rotatable bonds is 4. The van der Waals surface area contributed by atoms with E-state index in [0.717, 1.165) is 0 Å². The lowest BCUT2D eigenvalue weighted by Crippen LogP contribution is -1.91. The smallest absolute Gasteiger partial charge is 0.00262 e. The van der Waals surface area contributed by atoms with E-state index in [0.29, 0.717) is 0 Å². The van der Waals surface area contributed by atoms with Gasteiger partial charge in [0, 0.05) is 0 Å². The number of fused-ring (bicyclic) bond motifs is 5. The summed E-state index contributed by atoms with van der Waals surface area (Å²) >= 11 is 0. The molecule has 0 aromatic heterocycles. The van der Waals surface area contributed by atoms with Crippen molar-refractivity contribution in [2.24, 2.45) is 0 Å². The van der Waals surface area contributed by atoms with E-state index < -0.39 is 0 Å². The maximum atomic E-state index is 3.36. The maximum Gasteiger partial charge on any atom is -0.00262 e. The average molecular weight is 675 g/mol. The first-order chi connectivity index (χ1) is 26.2. The van der Waals surface area contributed by atoms with E-state index in [1.54, 1.807) is 6.08 Å². The van der Waals surface area contributed by atoms with Crippen LogP contribution in [0.5, 0.6) is 0 Å². The Kier molecular flexibility index (Phi) is 8.35. The molecule has 0 N–H and O–H groups in total. The van der Waals surface area contributed by atoms with Crippen molar-refractivity contribution in [2.75, 3.05) is 0 Å². The molecule has 0 bridgehead atoms. The summed E-state index contributed by atoms with van der Waals surface area (Å²) in [5.74, 6) is 0. The third kappa shape index (κ3) is 5.85. The van der Waals surface area contributed by atoms with E-state index in [4.69, 9.17) is 0 Å². The third-order valence-corrected chi connectivity index (χ3v) is 10.4. The van der Waals surface area contributed by atoms with Crippen molar-refractivity contribution >= 4 is 53.9 Å². The average Bonchev–Trinajstić information content (AvgIpc) is 3.22. The summed E-state index contributed by atoms with van der Waals surface area (Å²) in [5.41, 5.74) is 10.0. The van der Waals surface area contributed by atoms with Gasteiger partial charge in [0.05, 0.1) is 0 Å². The van der Waals surface area contributed by atoms with Gasteiger partial charge in [0.25, 0.3) is 0 Å². The van der Waals surface area contributed by atoms with Crippen molar-refractivity contribution in [3.05, 3.63) is 207 Å². The van der Waals surface area contributed by atoms with E-state index in [1.807, 2.05) is 6.92 Å². The van der Waals surface area contributed by atoms with E-state index in [9.17, 15) is 0 Å². The monoisotopic (exact) mass is 674 g/mol. The number of benzene rings is 10. The van der Waals surface area contributed by atoms with Gasteiger partial charge in [0.1, 0.15) is 0 Å². The van der Waals surface area contributed by atoms with Gasteiger partial charge in [-0.1, -0.05) is 176 Å². The molecule has 0 spiro atoms. The minimum absolute atomic E-state index is 1.22. The van der Waals surface area contributed by atoms with Crippen LogP contribution in [0.25, 0.3) is 98.4 Å². The molecule has 0 nitrogen and oxygen atoms in total. The molecule has 0 fully saturated rings. The van der Waals surface area contributed by atoms with E-state index in [-0.39, 0.29) is 0 Å². The van der Waals surface area contributed by atoms with Crippen LogP contribution in [0.3, 0.4) is 0 Å². The van der Waals surface area contributed by atoms with Crippen molar-refractivity contribution in [2.45, 2.75) is 6.92 Å². The first kappa shape index (κ1) is 32.2. The van der Waals surface area contributed by atoms with Crippen molar-refractivity contribution in [3.8, 4) is 44.5 Å². The quantitative estimate of drug-likeness (QED) is 0.129. The Morgan fingerprint density at radius 2 is 0.679 bits per heavy atom. The molecule has 0 aliphatic heterocycles. The minimum atomic E-state index is 1.22. The molecule has 0 aliphatic carbocycles. The normalized spacial score (nSPS) is 11.2. The molecule has 10 aromatic carbocycles. The van der Waals surface area contributed by atoms with Crippen molar-refractivity contribution in [3.63, 3.8) is 0 Å². The summed E-state index contributed by atoms with van der Waals surface area (Å²) in [6.07, 6.45) is 1.75. The van der Waals surface area contributed by atoms with Crippen LogP contribution in [-0.4, -0.2) is 0 Å². The highest BCUT2D eigenvalue weighted by Crippen LogP contribution is 2.45. The molecule has 0 heterocycles. The fourth-order valence-electron chi connectivity index (χ4n) is 8.02. The van der Waals surface area contributed by atoms with Crippen LogP contribution >= 0.6 is 0 Å². The molecule has 0 radical (unpaired) electrons. The Morgan fingerprint density at radius 1 is 0.302 bits per heavy atom. The van der Waals surface area contributed by atoms with Gasteiger partial charge in [0.15, 0.2) is 0 Å². The Balaban J connectivity index is 0.00000120. The van der Waals surface area contributed by atoms with Crippen molar-refractivity contribution in [1.29, 1.82) is 0 Å². The molecule has 250 valence electrons. The van der Waals surface area contributed by atoms with Crippen LogP contribution in [0, 0.1) is 0 Å². The minimum Gasteiger partial charge on any atom is -0.103 e. The molecular formula is C53H38. The number of hydrogen-bond acceptors (Lipinski definition) is 0. The van der Waals surface area contributed by atoms with Crippen LogP contribution in [0.2, 0.25) is 0 Å². The summed E-state index contributed by atoms with van der Waals surface area (Å²) < 4.78 is 0. The lowest BCUT2D eigenvalue weighted by Gasteiger charge is -2.18. The Morgan fingerprint density at radius 3 is 1.34 bits per heavy atom. The molecule has 0 heteroatoms. The molecule has 0 unspecified atom stereocenters. The lowest BCUT2D eigenvalue weighted by atomic mass is 9.85. The highest BCUT2D eigenvalue weighted by molar-refractivity contribution is 6.22. The first-order valence-electron chi connectivity index (χ1n) is 18.3. The Bertz CT molecular complexity index is 2920. The molecular weight excluding hydrogens is 637 g/mol. The second-order valence-electron chi connectivity index (χ2n) is 13.7. The number of allylic oxidation sites excluding steroid dienone is 1. The van der Waals surface area contributed by atoms with E-state index in [1.165, 1.54) is 98.4 Å². The third-order valence-electron chi connectivity index (χ3n) is 10.4. The zero-order valence-electron chi connectivity index (χ0n) is 29.8. The molecule has 0 saturated carbocycles. The van der Waals surface area contributed by atoms with Gasteiger partial charge >= 0.3 is 0 Å². The van der Waals surface area contributed by atoms with Gasteiger partial charge < -0.3 is 0 Å². The van der Waals surface area contributed by atoms with Crippen LogP contribution in [0.4, 0.5) is 0 Å². The van der Waals surface area contributed by atoms with Gasteiger partial charge in [-0.3, -0.25) is 0 Å². The summed E-state index contributed by atoms with van der Waals surface area (Å²) in [6, 6.07) is 71.4.